The number of hydrogen-bond acceptors (Lipinski definition) is 3. The smallest absolute Gasteiger partial charge is 0.149 e. The van der Waals surface area contributed by atoms with Crippen molar-refractivity contribution in [3.05, 3.63) is 12.2 Å². The molecule has 0 fully saturated rings. The Morgan fingerprint density at radius 2 is 2.09 bits per heavy atom. The van der Waals surface area contributed by atoms with Crippen LogP contribution in [0.3, 0.4) is 0 Å². The predicted octanol–water partition coefficient (Wildman–Crippen LogP) is 0.879. The van der Waals surface area contributed by atoms with Crippen LogP contribution in [0.1, 0.15) is 38.7 Å². The van der Waals surface area contributed by atoms with Gasteiger partial charge in [-0.15, -0.1) is 10.2 Å². The Hall–Kier alpha value is -0.900. The van der Waals surface area contributed by atoms with Gasteiger partial charge in [0.2, 0.25) is 0 Å². The van der Waals surface area contributed by atoms with Crippen molar-refractivity contribution in [3.8, 4) is 0 Å². The molecule has 1 aromatic heterocycles. The van der Waals surface area contributed by atoms with E-state index in [2.05, 4.69) is 24.0 Å². The van der Waals surface area contributed by atoms with Gasteiger partial charge in [-0.3, -0.25) is 0 Å². The highest BCUT2D eigenvalue weighted by atomic mass is 15.3. The second-order valence-electron chi connectivity index (χ2n) is 2.98. The molecule has 0 aliphatic heterocycles. The van der Waals surface area contributed by atoms with Gasteiger partial charge >= 0.3 is 0 Å². The van der Waals surface area contributed by atoms with Crippen LogP contribution >= 0.6 is 0 Å². The highest BCUT2D eigenvalue weighted by Crippen LogP contribution is 2.11. The molecule has 0 saturated carbocycles. The predicted molar refractivity (Wildman–Crippen MR) is 43.0 cm³/mol. The van der Waals surface area contributed by atoms with Crippen molar-refractivity contribution in [2.45, 2.75) is 32.9 Å². The van der Waals surface area contributed by atoms with Gasteiger partial charge in [0.1, 0.15) is 12.2 Å². The molecule has 1 atom stereocenters. The molecule has 0 radical (unpaired) electrons. The maximum Gasteiger partial charge on any atom is 0.149 e. The summed E-state index contributed by atoms with van der Waals surface area (Å²) in [7, 11) is 0. The second-order valence-corrected chi connectivity index (χ2v) is 2.98. The van der Waals surface area contributed by atoms with Crippen molar-refractivity contribution in [2.75, 3.05) is 0 Å². The third-order valence-corrected chi connectivity index (χ3v) is 1.56. The van der Waals surface area contributed by atoms with Gasteiger partial charge in [0.25, 0.3) is 0 Å². The summed E-state index contributed by atoms with van der Waals surface area (Å²) in [6.45, 7) is 6.06. The molecule has 62 valence electrons. The zero-order valence-electron chi connectivity index (χ0n) is 7.15. The van der Waals surface area contributed by atoms with Crippen molar-refractivity contribution < 1.29 is 0 Å². The lowest BCUT2D eigenvalue weighted by molar-refractivity contribution is 0.543. The summed E-state index contributed by atoms with van der Waals surface area (Å²) < 4.78 is 1.98. The molecule has 0 saturated heterocycles. The minimum absolute atomic E-state index is 0.0418. The molecule has 0 aliphatic carbocycles. The van der Waals surface area contributed by atoms with Crippen LogP contribution in [0, 0.1) is 0 Å². The normalized spacial score (nSPS) is 13.9. The van der Waals surface area contributed by atoms with E-state index in [0.717, 1.165) is 5.82 Å². The van der Waals surface area contributed by atoms with Crippen LogP contribution in [-0.2, 0) is 0 Å². The summed E-state index contributed by atoms with van der Waals surface area (Å²) in [5, 5.41) is 7.72. The average molecular weight is 154 g/mol. The van der Waals surface area contributed by atoms with Gasteiger partial charge < -0.3 is 10.3 Å². The SMILES string of the molecule is CC(C)n1cnnc1[C@@H](C)N. The van der Waals surface area contributed by atoms with Crippen LogP contribution in [0.15, 0.2) is 6.33 Å². The van der Waals surface area contributed by atoms with Crippen LogP contribution in [0.25, 0.3) is 0 Å². The number of aromatic nitrogens is 3. The van der Waals surface area contributed by atoms with E-state index in [0.29, 0.717) is 6.04 Å². The maximum atomic E-state index is 5.67. The fraction of sp³-hybridized carbons (Fsp3) is 0.714. The fourth-order valence-corrected chi connectivity index (χ4v) is 0.975. The van der Waals surface area contributed by atoms with Crippen LogP contribution in [0.4, 0.5) is 0 Å². The van der Waals surface area contributed by atoms with E-state index in [4.69, 9.17) is 5.73 Å². The molecule has 2 N–H and O–H groups in total. The molecule has 1 aromatic rings. The van der Waals surface area contributed by atoms with Crippen molar-refractivity contribution in [1.82, 2.24) is 14.8 Å². The van der Waals surface area contributed by atoms with Crippen molar-refractivity contribution in [1.29, 1.82) is 0 Å². The van der Waals surface area contributed by atoms with E-state index in [9.17, 15) is 0 Å². The maximum absolute atomic E-state index is 5.67. The Labute approximate surface area is 66.4 Å². The molecule has 4 heteroatoms. The molecule has 0 unspecified atom stereocenters. The Balaban J connectivity index is 2.96. The summed E-state index contributed by atoms with van der Waals surface area (Å²) in [5.41, 5.74) is 5.67. The van der Waals surface area contributed by atoms with Gasteiger partial charge in [-0.05, 0) is 20.8 Å². The summed E-state index contributed by atoms with van der Waals surface area (Å²) in [4.78, 5) is 0. The fourth-order valence-electron chi connectivity index (χ4n) is 0.975. The van der Waals surface area contributed by atoms with E-state index >= 15 is 0 Å². The number of nitrogens with two attached hydrogens (primary N) is 1. The Kier molecular flexibility index (Phi) is 2.24. The first-order chi connectivity index (χ1) is 5.13. The van der Waals surface area contributed by atoms with Gasteiger partial charge in [0, 0.05) is 6.04 Å². The molecule has 0 aliphatic rings. The van der Waals surface area contributed by atoms with Crippen LogP contribution < -0.4 is 5.73 Å². The highest BCUT2D eigenvalue weighted by molar-refractivity contribution is 4.92. The van der Waals surface area contributed by atoms with Gasteiger partial charge in [-0.1, -0.05) is 0 Å². The van der Waals surface area contributed by atoms with E-state index in [1.807, 2.05) is 11.5 Å². The monoisotopic (exact) mass is 154 g/mol. The summed E-state index contributed by atoms with van der Waals surface area (Å²) in [6.07, 6.45) is 1.71. The van der Waals surface area contributed by atoms with Gasteiger partial charge in [-0.2, -0.15) is 0 Å². The molecular formula is C7H14N4. The van der Waals surface area contributed by atoms with Crippen molar-refractivity contribution in [3.63, 3.8) is 0 Å². The van der Waals surface area contributed by atoms with Crippen LogP contribution in [0.2, 0.25) is 0 Å². The van der Waals surface area contributed by atoms with Crippen molar-refractivity contribution in [2.24, 2.45) is 5.73 Å². The lowest BCUT2D eigenvalue weighted by atomic mass is 10.3. The summed E-state index contributed by atoms with van der Waals surface area (Å²) in [5.74, 6) is 0.847. The summed E-state index contributed by atoms with van der Waals surface area (Å²) >= 11 is 0. The minimum atomic E-state index is -0.0418. The summed E-state index contributed by atoms with van der Waals surface area (Å²) in [6, 6.07) is 0.339. The van der Waals surface area contributed by atoms with Gasteiger partial charge in [0.15, 0.2) is 0 Å². The van der Waals surface area contributed by atoms with Gasteiger partial charge in [0.05, 0.1) is 6.04 Å². The lowest BCUT2D eigenvalue weighted by Gasteiger charge is -2.11. The first kappa shape index (κ1) is 8.20. The zero-order chi connectivity index (χ0) is 8.43. The van der Waals surface area contributed by atoms with Crippen LogP contribution in [0.5, 0.6) is 0 Å². The molecule has 4 nitrogen and oxygen atoms in total. The first-order valence-electron chi connectivity index (χ1n) is 3.78. The Morgan fingerprint density at radius 1 is 1.45 bits per heavy atom. The van der Waals surface area contributed by atoms with E-state index < -0.39 is 0 Å². The number of hydrogen-bond donors (Lipinski definition) is 1. The Bertz CT molecular complexity index is 204. The van der Waals surface area contributed by atoms with E-state index in [1.165, 1.54) is 0 Å². The highest BCUT2D eigenvalue weighted by Gasteiger charge is 2.09. The Morgan fingerprint density at radius 3 is 2.45 bits per heavy atom. The quantitative estimate of drug-likeness (QED) is 0.688. The topological polar surface area (TPSA) is 56.7 Å². The van der Waals surface area contributed by atoms with Crippen molar-refractivity contribution >= 4 is 0 Å². The second kappa shape index (κ2) is 3.00. The molecular weight excluding hydrogens is 140 g/mol. The zero-order valence-corrected chi connectivity index (χ0v) is 7.15. The van der Waals surface area contributed by atoms with Gasteiger partial charge in [-0.25, -0.2) is 0 Å². The number of nitrogens with zero attached hydrogens (tertiary/aromatic N) is 3. The minimum Gasteiger partial charge on any atom is -0.322 e. The lowest BCUT2D eigenvalue weighted by Crippen LogP contribution is -2.14. The molecule has 1 rings (SSSR count). The molecule has 0 spiro atoms. The molecule has 0 amide bonds. The first-order valence-corrected chi connectivity index (χ1v) is 3.78. The molecule has 0 aromatic carbocycles. The van der Waals surface area contributed by atoms with E-state index in [1.54, 1.807) is 6.33 Å². The third-order valence-electron chi connectivity index (χ3n) is 1.56. The largest absolute Gasteiger partial charge is 0.322 e. The third kappa shape index (κ3) is 1.57. The number of rotatable bonds is 2. The molecule has 1 heterocycles. The standard InChI is InChI=1S/C7H14N4/c1-5(2)11-4-9-10-7(11)6(3)8/h4-6H,8H2,1-3H3/t6-/m1/s1. The van der Waals surface area contributed by atoms with Crippen LogP contribution in [-0.4, -0.2) is 14.8 Å². The molecule has 11 heavy (non-hydrogen) atoms. The van der Waals surface area contributed by atoms with E-state index in [-0.39, 0.29) is 6.04 Å². The average Bonchev–Trinajstić information content (AvgIpc) is 2.32. The molecule has 0 bridgehead atoms.